The monoisotopic (exact) mass is 610 g/mol. The molecule has 0 aliphatic carbocycles. The molecule has 0 spiro atoms. The Morgan fingerprint density at radius 1 is 0.271 bits per heavy atom. The van der Waals surface area contributed by atoms with Crippen LogP contribution in [0.2, 0.25) is 0 Å². The van der Waals surface area contributed by atoms with E-state index in [4.69, 9.17) is 0 Å². The van der Waals surface area contributed by atoms with Crippen molar-refractivity contribution in [2.75, 3.05) is 0 Å². The highest BCUT2D eigenvalue weighted by molar-refractivity contribution is 6.19. The topological polar surface area (TPSA) is 9.86 Å². The minimum atomic E-state index is 1.16. The van der Waals surface area contributed by atoms with Gasteiger partial charge in [-0.15, -0.1) is 0 Å². The number of aromatic nitrogens is 2. The SMILES string of the molecule is c1ccc(-c2ccc(-n3c4ccccc4c4cc(-c5ccc6c(c5)c5ccc7ccccc7c5n6-c5ccccc5)ccc43)cc2)cc1. The van der Waals surface area contributed by atoms with Gasteiger partial charge in [0.15, 0.2) is 0 Å². The predicted octanol–water partition coefficient (Wildman–Crippen LogP) is 12.4. The van der Waals surface area contributed by atoms with E-state index in [2.05, 4.69) is 191 Å². The molecular formula is C46H30N2. The van der Waals surface area contributed by atoms with Gasteiger partial charge in [0, 0.05) is 38.3 Å². The zero-order chi connectivity index (χ0) is 31.6. The lowest BCUT2D eigenvalue weighted by Crippen LogP contribution is -1.94. The molecule has 8 aromatic carbocycles. The van der Waals surface area contributed by atoms with Crippen molar-refractivity contribution in [2.45, 2.75) is 0 Å². The molecular weight excluding hydrogens is 581 g/mol. The molecule has 0 unspecified atom stereocenters. The number of rotatable bonds is 4. The van der Waals surface area contributed by atoms with Crippen LogP contribution < -0.4 is 0 Å². The van der Waals surface area contributed by atoms with Gasteiger partial charge < -0.3 is 9.13 Å². The van der Waals surface area contributed by atoms with Gasteiger partial charge in [0.05, 0.1) is 22.1 Å². The highest BCUT2D eigenvalue weighted by atomic mass is 15.0. The fourth-order valence-electron chi connectivity index (χ4n) is 7.67. The van der Waals surface area contributed by atoms with Gasteiger partial charge in [-0.2, -0.15) is 0 Å². The lowest BCUT2D eigenvalue weighted by atomic mass is 10.00. The lowest BCUT2D eigenvalue weighted by molar-refractivity contribution is 1.18. The van der Waals surface area contributed by atoms with Crippen molar-refractivity contribution in [2.24, 2.45) is 0 Å². The third-order valence-electron chi connectivity index (χ3n) is 9.90. The molecule has 0 amide bonds. The second-order valence-electron chi connectivity index (χ2n) is 12.6. The second-order valence-corrected chi connectivity index (χ2v) is 12.6. The van der Waals surface area contributed by atoms with Gasteiger partial charge in [0.1, 0.15) is 0 Å². The van der Waals surface area contributed by atoms with E-state index in [1.165, 1.54) is 82.3 Å². The molecule has 2 nitrogen and oxygen atoms in total. The van der Waals surface area contributed by atoms with E-state index in [0.717, 1.165) is 5.69 Å². The van der Waals surface area contributed by atoms with Gasteiger partial charge in [-0.05, 0) is 82.2 Å². The molecule has 0 aliphatic heterocycles. The first-order valence-electron chi connectivity index (χ1n) is 16.5. The first-order chi connectivity index (χ1) is 23.8. The third kappa shape index (κ3) is 4.06. The molecule has 224 valence electrons. The molecule has 48 heavy (non-hydrogen) atoms. The summed E-state index contributed by atoms with van der Waals surface area (Å²) in [6, 6.07) is 66.2. The summed E-state index contributed by atoms with van der Waals surface area (Å²) in [6.45, 7) is 0. The van der Waals surface area contributed by atoms with Gasteiger partial charge in [-0.25, -0.2) is 0 Å². The molecule has 2 heterocycles. The van der Waals surface area contributed by atoms with Crippen LogP contribution in [0.5, 0.6) is 0 Å². The van der Waals surface area contributed by atoms with Crippen LogP contribution in [0.1, 0.15) is 0 Å². The summed E-state index contributed by atoms with van der Waals surface area (Å²) in [4.78, 5) is 0. The zero-order valence-electron chi connectivity index (χ0n) is 26.2. The number of fused-ring (bicyclic) bond motifs is 8. The summed E-state index contributed by atoms with van der Waals surface area (Å²) >= 11 is 0. The Kier molecular flexibility index (Phi) is 5.91. The van der Waals surface area contributed by atoms with Crippen LogP contribution in [-0.4, -0.2) is 9.13 Å². The average molecular weight is 611 g/mol. The Morgan fingerprint density at radius 3 is 1.54 bits per heavy atom. The van der Waals surface area contributed by atoms with Crippen molar-refractivity contribution in [1.82, 2.24) is 9.13 Å². The molecule has 2 heteroatoms. The van der Waals surface area contributed by atoms with E-state index in [1.54, 1.807) is 0 Å². The Morgan fingerprint density at radius 2 is 0.792 bits per heavy atom. The maximum atomic E-state index is 2.43. The molecule has 0 saturated heterocycles. The van der Waals surface area contributed by atoms with Crippen LogP contribution in [0.4, 0.5) is 0 Å². The number of hydrogen-bond acceptors (Lipinski definition) is 0. The van der Waals surface area contributed by atoms with E-state index in [-0.39, 0.29) is 0 Å². The van der Waals surface area contributed by atoms with Crippen LogP contribution in [0, 0.1) is 0 Å². The molecule has 2 aromatic heterocycles. The molecule has 0 fully saturated rings. The van der Waals surface area contributed by atoms with Crippen LogP contribution >= 0.6 is 0 Å². The first kappa shape index (κ1) is 26.8. The minimum Gasteiger partial charge on any atom is -0.309 e. The van der Waals surface area contributed by atoms with E-state index in [1.807, 2.05) is 0 Å². The zero-order valence-corrected chi connectivity index (χ0v) is 26.2. The van der Waals surface area contributed by atoms with E-state index < -0.39 is 0 Å². The third-order valence-corrected chi connectivity index (χ3v) is 9.90. The highest BCUT2D eigenvalue weighted by Crippen LogP contribution is 2.40. The van der Waals surface area contributed by atoms with Gasteiger partial charge in [-0.3, -0.25) is 0 Å². The lowest BCUT2D eigenvalue weighted by Gasteiger charge is -2.10. The van der Waals surface area contributed by atoms with Crippen molar-refractivity contribution < 1.29 is 0 Å². The Labute approximate surface area is 278 Å². The van der Waals surface area contributed by atoms with E-state index in [0.29, 0.717) is 0 Å². The predicted molar refractivity (Wildman–Crippen MR) is 203 cm³/mol. The number of benzene rings is 8. The molecule has 0 bridgehead atoms. The standard InChI is InChI=1S/C46H30N2/c1-3-11-31(12-4-1)32-19-24-37(25-20-32)47-43-18-10-9-17-39(43)41-29-34(22-27-44(41)47)35-23-28-45-42(30-35)40-26-21-33-13-7-8-16-38(33)46(40)48(45)36-14-5-2-6-15-36/h1-30H. The molecule has 10 aromatic rings. The Bertz CT molecular complexity index is 2800. The number of para-hydroxylation sites is 2. The summed E-state index contributed by atoms with van der Waals surface area (Å²) in [5.74, 6) is 0. The molecule has 0 atom stereocenters. The summed E-state index contributed by atoms with van der Waals surface area (Å²) in [5, 5.41) is 7.57. The second kappa shape index (κ2) is 10.6. The maximum Gasteiger partial charge on any atom is 0.0619 e. The molecule has 0 N–H and O–H groups in total. The number of hydrogen-bond donors (Lipinski definition) is 0. The van der Waals surface area contributed by atoms with Crippen molar-refractivity contribution >= 4 is 54.4 Å². The van der Waals surface area contributed by atoms with Crippen LogP contribution in [0.15, 0.2) is 182 Å². The van der Waals surface area contributed by atoms with Crippen molar-refractivity contribution in [1.29, 1.82) is 0 Å². The van der Waals surface area contributed by atoms with Crippen molar-refractivity contribution in [3.05, 3.63) is 182 Å². The highest BCUT2D eigenvalue weighted by Gasteiger charge is 2.17. The smallest absolute Gasteiger partial charge is 0.0619 e. The van der Waals surface area contributed by atoms with Gasteiger partial charge in [0.2, 0.25) is 0 Å². The fraction of sp³-hybridized carbons (Fsp3) is 0. The average Bonchev–Trinajstić information content (AvgIpc) is 3.68. The normalized spacial score (nSPS) is 11.8. The maximum absolute atomic E-state index is 2.43. The minimum absolute atomic E-state index is 1.16. The fourth-order valence-corrected chi connectivity index (χ4v) is 7.67. The van der Waals surface area contributed by atoms with Gasteiger partial charge in [-0.1, -0.05) is 127 Å². The molecule has 0 radical (unpaired) electrons. The Balaban J connectivity index is 1.16. The Hall–Kier alpha value is -6.38. The van der Waals surface area contributed by atoms with E-state index in [9.17, 15) is 0 Å². The summed E-state index contributed by atoms with van der Waals surface area (Å²) in [6.07, 6.45) is 0. The van der Waals surface area contributed by atoms with Crippen LogP contribution in [-0.2, 0) is 0 Å². The van der Waals surface area contributed by atoms with Crippen molar-refractivity contribution in [3.63, 3.8) is 0 Å². The number of nitrogens with zero attached hydrogens (tertiary/aromatic N) is 2. The largest absolute Gasteiger partial charge is 0.309 e. The van der Waals surface area contributed by atoms with Crippen LogP contribution in [0.25, 0.3) is 88.0 Å². The van der Waals surface area contributed by atoms with Crippen LogP contribution in [0.3, 0.4) is 0 Å². The van der Waals surface area contributed by atoms with E-state index >= 15 is 0 Å². The molecule has 0 saturated carbocycles. The summed E-state index contributed by atoms with van der Waals surface area (Å²) in [7, 11) is 0. The van der Waals surface area contributed by atoms with Gasteiger partial charge >= 0.3 is 0 Å². The van der Waals surface area contributed by atoms with Gasteiger partial charge in [0.25, 0.3) is 0 Å². The summed E-state index contributed by atoms with van der Waals surface area (Å²) in [5.41, 5.74) is 12.1. The summed E-state index contributed by atoms with van der Waals surface area (Å²) < 4.78 is 4.82. The van der Waals surface area contributed by atoms with Crippen molar-refractivity contribution in [3.8, 4) is 33.6 Å². The quantitative estimate of drug-likeness (QED) is 0.188. The molecule has 0 aliphatic rings. The first-order valence-corrected chi connectivity index (χ1v) is 16.5. The molecule has 10 rings (SSSR count).